The first-order valence-corrected chi connectivity index (χ1v) is 24.2. The lowest BCUT2D eigenvalue weighted by Gasteiger charge is -2.21. The van der Waals surface area contributed by atoms with Crippen molar-refractivity contribution < 1.29 is 9.15 Å². The SMILES string of the molecule is c1ccc(-n2c3ccccc3c3cc(-c4ccc5c(c4)c4cc(-c6ccc7oc8cccc(-c9cc%10c%11c(c9)c9ccccc9n%11-c9ccccc9O%10)c8c7c6)ccc4n5-c4ccccc4)ccc32)cc1. The number of nitrogens with zero attached hydrogens (tertiary/aromatic N) is 3. The van der Waals surface area contributed by atoms with E-state index in [1.807, 2.05) is 6.07 Å². The van der Waals surface area contributed by atoms with Gasteiger partial charge >= 0.3 is 0 Å². The summed E-state index contributed by atoms with van der Waals surface area (Å²) in [7, 11) is 0. The number of fused-ring (bicyclic) bond motifs is 14. The van der Waals surface area contributed by atoms with Crippen LogP contribution in [0.2, 0.25) is 0 Å². The summed E-state index contributed by atoms with van der Waals surface area (Å²) in [6.07, 6.45) is 0. The van der Waals surface area contributed by atoms with Gasteiger partial charge in [-0.3, -0.25) is 0 Å². The Balaban J connectivity index is 0.864. The maximum atomic E-state index is 6.73. The van der Waals surface area contributed by atoms with E-state index in [-0.39, 0.29) is 0 Å². The summed E-state index contributed by atoms with van der Waals surface area (Å²) in [5.41, 5.74) is 18.9. The van der Waals surface area contributed by atoms with Crippen molar-refractivity contribution in [1.82, 2.24) is 13.7 Å². The van der Waals surface area contributed by atoms with Crippen molar-refractivity contribution in [2.45, 2.75) is 0 Å². The largest absolute Gasteiger partial charge is 0.456 e. The van der Waals surface area contributed by atoms with E-state index in [0.29, 0.717) is 0 Å². The van der Waals surface area contributed by atoms with Crippen LogP contribution in [0.5, 0.6) is 11.5 Å². The van der Waals surface area contributed by atoms with Crippen LogP contribution in [0.4, 0.5) is 0 Å². The van der Waals surface area contributed by atoms with Crippen LogP contribution >= 0.6 is 0 Å². The lowest BCUT2D eigenvalue weighted by Crippen LogP contribution is -2.03. The quantitative estimate of drug-likeness (QED) is 0.173. The van der Waals surface area contributed by atoms with Gasteiger partial charge in [-0.15, -0.1) is 0 Å². The summed E-state index contributed by atoms with van der Waals surface area (Å²) < 4.78 is 20.5. The van der Waals surface area contributed by atoms with E-state index in [9.17, 15) is 0 Å². The number of ether oxygens (including phenoxy) is 1. The fraction of sp³-hybridized carbons (Fsp3) is 0. The van der Waals surface area contributed by atoms with E-state index in [1.165, 1.54) is 60.1 Å². The van der Waals surface area contributed by atoms with Gasteiger partial charge in [0.1, 0.15) is 11.2 Å². The molecule has 5 nitrogen and oxygen atoms in total. The molecule has 1 aliphatic rings. The summed E-state index contributed by atoms with van der Waals surface area (Å²) in [5.74, 6) is 1.70. The molecule has 0 fully saturated rings. The van der Waals surface area contributed by atoms with Crippen LogP contribution in [0.1, 0.15) is 0 Å². The molecule has 1 aliphatic heterocycles. The van der Waals surface area contributed by atoms with Crippen LogP contribution in [-0.2, 0) is 0 Å². The summed E-state index contributed by atoms with van der Waals surface area (Å²) in [6, 6.07) is 85.5. The molecule has 0 atom stereocenters. The van der Waals surface area contributed by atoms with E-state index in [2.05, 4.69) is 244 Å². The molecule has 16 rings (SSSR count). The highest BCUT2D eigenvalue weighted by Gasteiger charge is 2.26. The number of hydrogen-bond donors (Lipinski definition) is 0. The molecule has 0 saturated carbocycles. The topological polar surface area (TPSA) is 37.2 Å². The van der Waals surface area contributed by atoms with Crippen LogP contribution in [-0.4, -0.2) is 13.7 Å². The van der Waals surface area contributed by atoms with E-state index in [1.54, 1.807) is 0 Å². The van der Waals surface area contributed by atoms with Crippen LogP contribution in [0.3, 0.4) is 0 Å². The summed E-state index contributed by atoms with van der Waals surface area (Å²) in [4.78, 5) is 0. The van der Waals surface area contributed by atoms with Crippen molar-refractivity contribution >= 4 is 87.4 Å². The average molecular weight is 906 g/mol. The summed E-state index contributed by atoms with van der Waals surface area (Å²) in [5, 5.41) is 9.41. The number of furan rings is 1. The number of hydrogen-bond acceptors (Lipinski definition) is 2. The molecule has 0 aliphatic carbocycles. The number of rotatable bonds is 5. The predicted octanol–water partition coefficient (Wildman–Crippen LogP) is 18.0. The summed E-state index contributed by atoms with van der Waals surface area (Å²) >= 11 is 0. The second-order valence-electron chi connectivity index (χ2n) is 18.8. The van der Waals surface area contributed by atoms with Gasteiger partial charge in [0.25, 0.3) is 0 Å². The maximum absolute atomic E-state index is 6.73. The van der Waals surface area contributed by atoms with Gasteiger partial charge in [0.2, 0.25) is 0 Å². The fourth-order valence-corrected chi connectivity index (χ4v) is 11.9. The van der Waals surface area contributed by atoms with Gasteiger partial charge < -0.3 is 22.9 Å². The molecule has 71 heavy (non-hydrogen) atoms. The van der Waals surface area contributed by atoms with Crippen LogP contribution < -0.4 is 4.74 Å². The Bertz CT molecular complexity index is 4720. The van der Waals surface area contributed by atoms with Crippen molar-refractivity contribution in [3.63, 3.8) is 0 Å². The highest BCUT2D eigenvalue weighted by Crippen LogP contribution is 2.49. The second-order valence-corrected chi connectivity index (χ2v) is 18.8. The van der Waals surface area contributed by atoms with E-state index >= 15 is 0 Å². The zero-order chi connectivity index (χ0) is 46.3. The minimum Gasteiger partial charge on any atom is -0.456 e. The predicted molar refractivity (Wildman–Crippen MR) is 293 cm³/mol. The van der Waals surface area contributed by atoms with Crippen LogP contribution in [0.15, 0.2) is 241 Å². The Morgan fingerprint density at radius 3 is 1.42 bits per heavy atom. The normalized spacial score (nSPS) is 12.3. The summed E-state index contributed by atoms with van der Waals surface area (Å²) in [6.45, 7) is 0. The Kier molecular flexibility index (Phi) is 7.82. The molecule has 330 valence electrons. The molecule has 0 amide bonds. The van der Waals surface area contributed by atoms with Gasteiger partial charge in [-0.25, -0.2) is 0 Å². The first-order valence-electron chi connectivity index (χ1n) is 24.2. The van der Waals surface area contributed by atoms with Crippen molar-refractivity contribution in [2.24, 2.45) is 0 Å². The molecule has 0 saturated heterocycles. The first-order chi connectivity index (χ1) is 35.2. The van der Waals surface area contributed by atoms with E-state index < -0.39 is 0 Å². The van der Waals surface area contributed by atoms with Gasteiger partial charge in [0.05, 0.1) is 38.8 Å². The highest BCUT2D eigenvalue weighted by molar-refractivity contribution is 6.18. The zero-order valence-corrected chi connectivity index (χ0v) is 38.2. The molecule has 0 unspecified atom stereocenters. The lowest BCUT2D eigenvalue weighted by molar-refractivity contribution is 0.476. The molecule has 0 N–H and O–H groups in total. The average Bonchev–Trinajstić information content (AvgIpc) is 4.18. The van der Waals surface area contributed by atoms with Gasteiger partial charge in [-0.1, -0.05) is 121 Å². The standard InChI is InChI=1S/C66H39N3O2/c1-3-14-45(15-4-1)67-55-21-9-7-18-48(55)50-34-40(26-30-57(50)67)41-27-31-58-51(35-41)52-36-42(28-32-59(52)68(58)46-16-5-2-6-17-46)43-29-33-61-54(37-43)65-47(20-13-25-63(65)70-61)44-38-53-49-19-8-10-22-56(49)69-60-23-11-12-24-62(60)71-64(39-44)66(53)69/h1-39H. The van der Waals surface area contributed by atoms with Gasteiger partial charge in [0, 0.05) is 54.5 Å². The third-order valence-corrected chi connectivity index (χ3v) is 15.0. The van der Waals surface area contributed by atoms with E-state index in [0.717, 1.165) is 89.2 Å². The minimum absolute atomic E-state index is 0.847. The molecular formula is C66H39N3O2. The van der Waals surface area contributed by atoms with Crippen molar-refractivity contribution in [3.05, 3.63) is 237 Å². The molecule has 5 heterocycles. The molecule has 0 bridgehead atoms. The smallest absolute Gasteiger partial charge is 0.152 e. The van der Waals surface area contributed by atoms with Crippen LogP contribution in [0.25, 0.3) is 138 Å². The number of aromatic nitrogens is 3. The van der Waals surface area contributed by atoms with E-state index in [4.69, 9.17) is 9.15 Å². The second kappa shape index (κ2) is 14.5. The molecule has 11 aromatic carbocycles. The number of para-hydroxylation sites is 6. The minimum atomic E-state index is 0.847. The zero-order valence-electron chi connectivity index (χ0n) is 38.2. The first kappa shape index (κ1) is 38.4. The Morgan fingerprint density at radius 2 is 0.775 bits per heavy atom. The van der Waals surface area contributed by atoms with Gasteiger partial charge in [-0.05, 0) is 149 Å². The van der Waals surface area contributed by atoms with Gasteiger partial charge in [0.15, 0.2) is 11.5 Å². The molecule has 4 aromatic heterocycles. The monoisotopic (exact) mass is 905 g/mol. The van der Waals surface area contributed by atoms with Crippen molar-refractivity contribution in [1.29, 1.82) is 0 Å². The molecular weight excluding hydrogens is 867 g/mol. The lowest BCUT2D eigenvalue weighted by atomic mass is 9.95. The Hall–Kier alpha value is -9.58. The molecule has 15 aromatic rings. The highest BCUT2D eigenvalue weighted by atomic mass is 16.5. The van der Waals surface area contributed by atoms with Gasteiger partial charge in [-0.2, -0.15) is 0 Å². The molecule has 5 heteroatoms. The van der Waals surface area contributed by atoms with Crippen molar-refractivity contribution in [3.8, 4) is 61.9 Å². The molecule has 0 spiro atoms. The third-order valence-electron chi connectivity index (χ3n) is 15.0. The third kappa shape index (κ3) is 5.51. The Morgan fingerprint density at radius 1 is 0.282 bits per heavy atom. The van der Waals surface area contributed by atoms with Crippen LogP contribution in [0, 0.1) is 0 Å². The van der Waals surface area contributed by atoms with Crippen molar-refractivity contribution in [2.75, 3.05) is 0 Å². The fourth-order valence-electron chi connectivity index (χ4n) is 11.9. The maximum Gasteiger partial charge on any atom is 0.152 e. The Labute approximate surface area is 406 Å². The number of benzene rings is 11. The molecule has 0 radical (unpaired) electrons.